The van der Waals surface area contributed by atoms with Crippen LogP contribution >= 0.6 is 0 Å². The van der Waals surface area contributed by atoms with E-state index in [1.807, 2.05) is 6.92 Å². The normalized spacial score (nSPS) is 12.1. The summed E-state index contributed by atoms with van der Waals surface area (Å²) in [6.07, 6.45) is 0. The molecule has 24 heavy (non-hydrogen) atoms. The Hall–Kier alpha value is -2.25. The van der Waals surface area contributed by atoms with Gasteiger partial charge in [-0.3, -0.25) is 4.55 Å². The van der Waals surface area contributed by atoms with Crippen LogP contribution in [0, 0.1) is 34.6 Å². The second-order valence-electron chi connectivity index (χ2n) is 5.89. The summed E-state index contributed by atoms with van der Waals surface area (Å²) in [4.78, 5) is -0.183. The van der Waals surface area contributed by atoms with Crippen molar-refractivity contribution in [2.75, 3.05) is 0 Å². The molecule has 7 heteroatoms. The van der Waals surface area contributed by atoms with Crippen LogP contribution in [-0.2, 0) is 10.1 Å². The minimum atomic E-state index is -4.32. The fourth-order valence-electron chi connectivity index (χ4n) is 2.47. The van der Waals surface area contributed by atoms with Gasteiger partial charge in [-0.25, -0.2) is 0 Å². The van der Waals surface area contributed by atoms with Gasteiger partial charge in [-0.2, -0.15) is 18.6 Å². The molecule has 0 saturated heterocycles. The maximum absolute atomic E-state index is 11.4. The number of azo groups is 1. The molecule has 0 aliphatic carbocycles. The van der Waals surface area contributed by atoms with Gasteiger partial charge < -0.3 is 5.11 Å². The van der Waals surface area contributed by atoms with E-state index in [1.54, 1.807) is 39.8 Å². The lowest BCUT2D eigenvalue weighted by Gasteiger charge is -2.10. The molecule has 6 nitrogen and oxygen atoms in total. The van der Waals surface area contributed by atoms with Gasteiger partial charge in [0.2, 0.25) is 0 Å². The average molecular weight is 348 g/mol. The molecule has 0 heterocycles. The Morgan fingerprint density at radius 3 is 1.96 bits per heavy atom. The highest BCUT2D eigenvalue weighted by Gasteiger charge is 2.15. The first-order valence-corrected chi connectivity index (χ1v) is 8.76. The number of hydrogen-bond donors (Lipinski definition) is 2. The molecule has 2 aromatic rings. The number of hydrogen-bond acceptors (Lipinski definition) is 5. The molecule has 2 rings (SSSR count). The van der Waals surface area contributed by atoms with Crippen LogP contribution in [-0.4, -0.2) is 18.1 Å². The minimum absolute atomic E-state index is 0.183. The van der Waals surface area contributed by atoms with Crippen molar-refractivity contribution in [1.29, 1.82) is 0 Å². The van der Waals surface area contributed by atoms with Crippen molar-refractivity contribution in [3.05, 3.63) is 46.0 Å². The van der Waals surface area contributed by atoms with Crippen LogP contribution in [0.25, 0.3) is 0 Å². The summed E-state index contributed by atoms with van der Waals surface area (Å²) < 4.78 is 32.1. The number of benzene rings is 2. The van der Waals surface area contributed by atoms with E-state index in [2.05, 4.69) is 10.2 Å². The number of rotatable bonds is 3. The summed E-state index contributed by atoms with van der Waals surface area (Å²) in [5.74, 6) is 0.228. The molecule has 0 radical (unpaired) electrons. The van der Waals surface area contributed by atoms with Gasteiger partial charge in [0.1, 0.15) is 5.75 Å². The van der Waals surface area contributed by atoms with Gasteiger partial charge in [-0.05, 0) is 74.6 Å². The van der Waals surface area contributed by atoms with Crippen molar-refractivity contribution in [1.82, 2.24) is 0 Å². The van der Waals surface area contributed by atoms with Gasteiger partial charge in [0.15, 0.2) is 0 Å². The summed E-state index contributed by atoms with van der Waals surface area (Å²) in [7, 11) is -4.32. The second-order valence-corrected chi connectivity index (χ2v) is 7.28. The van der Waals surface area contributed by atoms with Gasteiger partial charge in [0.05, 0.1) is 16.3 Å². The first kappa shape index (κ1) is 18.1. The van der Waals surface area contributed by atoms with Crippen LogP contribution < -0.4 is 0 Å². The summed E-state index contributed by atoms with van der Waals surface area (Å²) in [6.45, 7) is 8.79. The van der Waals surface area contributed by atoms with E-state index in [4.69, 9.17) is 0 Å². The SMILES string of the molecule is Cc1cc(C)c(S(=O)(=O)O)cc1/N=N/c1cc(C)c(O)c(C)c1C. The molecule has 0 aliphatic heterocycles. The molecule has 0 bridgehead atoms. The Kier molecular flexibility index (Phi) is 4.77. The van der Waals surface area contributed by atoms with Gasteiger partial charge in [0, 0.05) is 0 Å². The fourth-order valence-corrected chi connectivity index (χ4v) is 3.19. The summed E-state index contributed by atoms with van der Waals surface area (Å²) in [5.41, 5.74) is 4.35. The molecule has 128 valence electrons. The van der Waals surface area contributed by atoms with Gasteiger partial charge >= 0.3 is 0 Å². The third-order valence-electron chi connectivity index (χ3n) is 4.07. The number of aryl methyl sites for hydroxylation is 3. The molecule has 0 spiro atoms. The maximum Gasteiger partial charge on any atom is 0.294 e. The highest BCUT2D eigenvalue weighted by Crippen LogP contribution is 2.34. The monoisotopic (exact) mass is 348 g/mol. The Morgan fingerprint density at radius 1 is 0.792 bits per heavy atom. The predicted octanol–water partition coefficient (Wildman–Crippen LogP) is 4.60. The summed E-state index contributed by atoms with van der Waals surface area (Å²) in [6, 6.07) is 4.66. The maximum atomic E-state index is 11.4. The van der Waals surface area contributed by atoms with Crippen molar-refractivity contribution < 1.29 is 18.1 Å². The van der Waals surface area contributed by atoms with E-state index in [1.165, 1.54) is 6.07 Å². The zero-order chi connectivity index (χ0) is 18.2. The number of nitrogens with zero attached hydrogens (tertiary/aromatic N) is 2. The second kappa shape index (κ2) is 6.33. The number of phenols is 1. The molecule has 2 aromatic carbocycles. The standard InChI is InChI=1S/C17H20N2O4S/c1-9-6-10(2)16(24(21,22)23)8-14(9)18-19-15-7-11(3)17(20)13(5)12(15)4/h6-8,20H,1-5H3,(H,21,22,23)/b19-18+. The van der Waals surface area contributed by atoms with Crippen molar-refractivity contribution in [3.63, 3.8) is 0 Å². The van der Waals surface area contributed by atoms with E-state index in [9.17, 15) is 18.1 Å². The highest BCUT2D eigenvalue weighted by molar-refractivity contribution is 7.85. The third kappa shape index (κ3) is 3.47. The zero-order valence-electron chi connectivity index (χ0n) is 14.2. The van der Waals surface area contributed by atoms with Crippen LogP contribution in [0.2, 0.25) is 0 Å². The first-order valence-electron chi connectivity index (χ1n) is 7.32. The zero-order valence-corrected chi connectivity index (χ0v) is 15.1. The molecular weight excluding hydrogens is 328 g/mol. The van der Waals surface area contributed by atoms with Gasteiger partial charge in [-0.15, -0.1) is 0 Å². The van der Waals surface area contributed by atoms with Crippen LogP contribution in [0.5, 0.6) is 5.75 Å². The highest BCUT2D eigenvalue weighted by atomic mass is 32.2. The van der Waals surface area contributed by atoms with Crippen molar-refractivity contribution in [3.8, 4) is 5.75 Å². The molecular formula is C17H20N2O4S. The molecule has 2 N–H and O–H groups in total. The van der Waals surface area contributed by atoms with Gasteiger partial charge in [0.25, 0.3) is 10.1 Å². The molecule has 0 aliphatic rings. The van der Waals surface area contributed by atoms with Crippen molar-refractivity contribution in [2.24, 2.45) is 10.2 Å². The quantitative estimate of drug-likeness (QED) is 0.625. The topological polar surface area (TPSA) is 99.3 Å². The van der Waals surface area contributed by atoms with Crippen molar-refractivity contribution in [2.45, 2.75) is 39.5 Å². The Balaban J connectivity index is 2.55. The third-order valence-corrected chi connectivity index (χ3v) is 5.06. The van der Waals surface area contributed by atoms with Crippen LogP contribution in [0.15, 0.2) is 33.3 Å². The van der Waals surface area contributed by atoms with E-state index in [0.29, 0.717) is 22.5 Å². The van der Waals surface area contributed by atoms with Crippen molar-refractivity contribution >= 4 is 21.5 Å². The average Bonchev–Trinajstić information content (AvgIpc) is 2.47. The number of phenolic OH excluding ortho intramolecular Hbond substituents is 1. The lowest BCUT2D eigenvalue weighted by Crippen LogP contribution is -2.01. The van der Waals surface area contributed by atoms with Gasteiger partial charge in [-0.1, -0.05) is 6.07 Å². The summed E-state index contributed by atoms with van der Waals surface area (Å²) >= 11 is 0. The lowest BCUT2D eigenvalue weighted by atomic mass is 10.0. The largest absolute Gasteiger partial charge is 0.507 e. The predicted molar refractivity (Wildman–Crippen MR) is 92.2 cm³/mol. The van der Waals surface area contributed by atoms with E-state index >= 15 is 0 Å². The van der Waals surface area contributed by atoms with E-state index < -0.39 is 10.1 Å². The molecule has 0 aromatic heterocycles. The Bertz CT molecular complexity index is 948. The Morgan fingerprint density at radius 2 is 1.38 bits per heavy atom. The molecule has 0 fully saturated rings. The summed E-state index contributed by atoms with van der Waals surface area (Å²) in [5, 5.41) is 18.3. The van der Waals surface area contributed by atoms with E-state index in [-0.39, 0.29) is 10.6 Å². The lowest BCUT2D eigenvalue weighted by molar-refractivity contribution is 0.466. The fraction of sp³-hybridized carbons (Fsp3) is 0.294. The molecule has 0 unspecified atom stereocenters. The van der Waals surface area contributed by atoms with Crippen LogP contribution in [0.1, 0.15) is 27.8 Å². The Labute approximate surface area is 141 Å². The minimum Gasteiger partial charge on any atom is -0.507 e. The van der Waals surface area contributed by atoms with Crippen LogP contribution in [0.3, 0.4) is 0 Å². The molecule has 0 saturated carbocycles. The smallest absolute Gasteiger partial charge is 0.294 e. The number of aromatic hydroxyl groups is 1. The molecule has 0 atom stereocenters. The van der Waals surface area contributed by atoms with E-state index in [0.717, 1.165) is 16.7 Å². The molecule has 0 amide bonds. The van der Waals surface area contributed by atoms with Crippen LogP contribution in [0.4, 0.5) is 11.4 Å². The first-order chi connectivity index (χ1) is 11.0.